The average molecular weight is 224 g/mol. The molecule has 0 radical (unpaired) electrons. The zero-order chi connectivity index (χ0) is 11.6. The van der Waals surface area contributed by atoms with Crippen LogP contribution in [0.1, 0.15) is 47.5 Å². The predicted molar refractivity (Wildman–Crippen MR) is 71.0 cm³/mol. The molecular weight excluding hydrogens is 200 g/mol. The summed E-state index contributed by atoms with van der Waals surface area (Å²) in [6.07, 6.45) is 2.69. The van der Waals surface area contributed by atoms with Gasteiger partial charge in [-0.3, -0.25) is 0 Å². The van der Waals surface area contributed by atoms with E-state index < -0.39 is 0 Å². The standard InChI is InChI=1S/C14H24S/c1-7-13(15-14(4,5)6)12-8-11(9-12)10(2)3/h10-12H,1,8-9H2,2-6H3. The molecule has 1 rings (SSSR count). The Balaban J connectivity index is 2.48. The minimum Gasteiger partial charge on any atom is -0.118 e. The van der Waals surface area contributed by atoms with Crippen molar-refractivity contribution in [3.05, 3.63) is 17.2 Å². The normalized spacial score (nSPS) is 26.0. The van der Waals surface area contributed by atoms with Gasteiger partial charge in [-0.15, -0.1) is 17.5 Å². The molecule has 0 heterocycles. The highest BCUT2D eigenvalue weighted by Crippen LogP contribution is 2.48. The van der Waals surface area contributed by atoms with Gasteiger partial charge >= 0.3 is 0 Å². The van der Waals surface area contributed by atoms with Gasteiger partial charge in [-0.25, -0.2) is 0 Å². The van der Waals surface area contributed by atoms with Gasteiger partial charge in [0, 0.05) is 9.65 Å². The summed E-state index contributed by atoms with van der Waals surface area (Å²) in [6, 6.07) is 0. The van der Waals surface area contributed by atoms with Gasteiger partial charge in [0.2, 0.25) is 0 Å². The second-order valence-corrected chi connectivity index (χ2v) is 7.80. The number of allylic oxidation sites excluding steroid dienone is 1. The van der Waals surface area contributed by atoms with Crippen molar-refractivity contribution in [1.29, 1.82) is 0 Å². The van der Waals surface area contributed by atoms with E-state index in [2.05, 4.69) is 46.9 Å². The van der Waals surface area contributed by atoms with Crippen molar-refractivity contribution >= 4 is 11.8 Å². The Kier molecular flexibility index (Phi) is 4.14. The summed E-state index contributed by atoms with van der Waals surface area (Å²) < 4.78 is 0.295. The van der Waals surface area contributed by atoms with Crippen molar-refractivity contribution < 1.29 is 0 Å². The second kappa shape index (κ2) is 4.80. The highest BCUT2D eigenvalue weighted by molar-refractivity contribution is 8.04. The largest absolute Gasteiger partial charge is 0.118 e. The Morgan fingerprint density at radius 1 is 1.33 bits per heavy atom. The van der Waals surface area contributed by atoms with E-state index in [0.29, 0.717) is 4.75 Å². The van der Waals surface area contributed by atoms with Crippen LogP contribution in [-0.2, 0) is 0 Å². The van der Waals surface area contributed by atoms with Crippen LogP contribution in [0.25, 0.3) is 0 Å². The molecule has 0 spiro atoms. The first-order valence-electron chi connectivity index (χ1n) is 5.92. The van der Waals surface area contributed by atoms with Crippen LogP contribution in [0.4, 0.5) is 0 Å². The monoisotopic (exact) mass is 224 g/mol. The van der Waals surface area contributed by atoms with Crippen LogP contribution < -0.4 is 0 Å². The number of thioether (sulfide) groups is 1. The molecule has 0 nitrogen and oxygen atoms in total. The van der Waals surface area contributed by atoms with Gasteiger partial charge in [-0.05, 0) is 30.6 Å². The molecule has 0 amide bonds. The first-order chi connectivity index (χ1) is 6.83. The number of hydrogen-bond donors (Lipinski definition) is 0. The maximum Gasteiger partial charge on any atom is 0.0296 e. The molecule has 0 atom stereocenters. The lowest BCUT2D eigenvalue weighted by atomic mass is 9.69. The van der Waals surface area contributed by atoms with Crippen LogP contribution in [0.15, 0.2) is 17.2 Å². The van der Waals surface area contributed by atoms with Crippen molar-refractivity contribution in [2.75, 3.05) is 0 Å². The summed E-state index contributed by atoms with van der Waals surface area (Å²) in [6.45, 7) is 15.3. The Labute approximate surface area is 99.2 Å². The van der Waals surface area contributed by atoms with Crippen molar-refractivity contribution in [2.24, 2.45) is 17.8 Å². The topological polar surface area (TPSA) is 0 Å². The van der Waals surface area contributed by atoms with Gasteiger partial charge in [-0.2, -0.15) is 0 Å². The molecule has 1 fully saturated rings. The van der Waals surface area contributed by atoms with Crippen LogP contribution in [-0.4, -0.2) is 4.75 Å². The zero-order valence-corrected chi connectivity index (χ0v) is 11.6. The summed E-state index contributed by atoms with van der Waals surface area (Å²) in [7, 11) is 0. The summed E-state index contributed by atoms with van der Waals surface area (Å²) in [5, 5.41) is 0. The van der Waals surface area contributed by atoms with Crippen molar-refractivity contribution in [3.8, 4) is 0 Å². The maximum absolute atomic E-state index is 3.84. The molecule has 1 saturated carbocycles. The third-order valence-electron chi connectivity index (χ3n) is 3.08. The Bertz CT molecular complexity index is 258. The highest BCUT2D eigenvalue weighted by Gasteiger charge is 2.34. The molecule has 15 heavy (non-hydrogen) atoms. The first kappa shape index (κ1) is 12.9. The fraction of sp³-hybridized carbons (Fsp3) is 0.786. The number of rotatable bonds is 3. The van der Waals surface area contributed by atoms with Crippen LogP contribution >= 0.6 is 11.8 Å². The minimum atomic E-state index is 0.295. The van der Waals surface area contributed by atoms with Crippen molar-refractivity contribution in [3.63, 3.8) is 0 Å². The molecular formula is C14H24S. The summed E-state index contributed by atoms with van der Waals surface area (Å²) in [4.78, 5) is 1.39. The van der Waals surface area contributed by atoms with E-state index in [-0.39, 0.29) is 0 Å². The summed E-state index contributed by atoms with van der Waals surface area (Å²) >= 11 is 1.94. The van der Waals surface area contributed by atoms with Gasteiger partial charge in [0.15, 0.2) is 0 Å². The van der Waals surface area contributed by atoms with Crippen LogP contribution in [0, 0.1) is 17.8 Å². The molecule has 0 unspecified atom stereocenters. The Hall–Kier alpha value is -0.130. The molecule has 0 aromatic rings. The fourth-order valence-electron chi connectivity index (χ4n) is 2.01. The van der Waals surface area contributed by atoms with E-state index in [9.17, 15) is 0 Å². The minimum absolute atomic E-state index is 0.295. The molecule has 1 heteroatoms. The lowest BCUT2D eigenvalue weighted by molar-refractivity contribution is 0.175. The quantitative estimate of drug-likeness (QED) is 0.616. The Morgan fingerprint density at radius 2 is 1.87 bits per heavy atom. The molecule has 0 N–H and O–H groups in total. The van der Waals surface area contributed by atoms with E-state index in [1.54, 1.807) is 0 Å². The lowest BCUT2D eigenvalue weighted by Gasteiger charge is -2.39. The van der Waals surface area contributed by atoms with Gasteiger partial charge < -0.3 is 0 Å². The molecule has 0 saturated heterocycles. The molecule has 0 bridgehead atoms. The van der Waals surface area contributed by atoms with Gasteiger partial charge in [-0.1, -0.05) is 41.2 Å². The van der Waals surface area contributed by atoms with E-state index in [1.165, 1.54) is 17.7 Å². The van der Waals surface area contributed by atoms with Gasteiger partial charge in [0.25, 0.3) is 0 Å². The second-order valence-electron chi connectivity index (χ2n) is 5.93. The van der Waals surface area contributed by atoms with Crippen molar-refractivity contribution in [2.45, 2.75) is 52.2 Å². The van der Waals surface area contributed by atoms with E-state index in [4.69, 9.17) is 0 Å². The average Bonchev–Trinajstić information content (AvgIpc) is 1.96. The zero-order valence-electron chi connectivity index (χ0n) is 10.8. The molecule has 0 aromatic carbocycles. The molecule has 0 aliphatic heterocycles. The predicted octanol–water partition coefficient (Wildman–Crippen LogP) is 4.87. The van der Waals surface area contributed by atoms with Crippen molar-refractivity contribution in [1.82, 2.24) is 0 Å². The summed E-state index contributed by atoms with van der Waals surface area (Å²) in [5.41, 5.74) is 3.15. The Morgan fingerprint density at radius 3 is 2.20 bits per heavy atom. The van der Waals surface area contributed by atoms with Gasteiger partial charge in [0.05, 0.1) is 0 Å². The third-order valence-corrected chi connectivity index (χ3v) is 4.39. The highest BCUT2D eigenvalue weighted by atomic mass is 32.2. The van der Waals surface area contributed by atoms with E-state index >= 15 is 0 Å². The molecule has 0 aromatic heterocycles. The third kappa shape index (κ3) is 3.74. The molecule has 1 aliphatic carbocycles. The SMILES string of the molecule is C=C=C(SC(C)(C)C)C1CC(C(C)C)C1. The molecule has 86 valence electrons. The van der Waals surface area contributed by atoms with Crippen LogP contribution in [0.5, 0.6) is 0 Å². The summed E-state index contributed by atoms with van der Waals surface area (Å²) in [5.74, 6) is 2.52. The van der Waals surface area contributed by atoms with Crippen LogP contribution in [0.2, 0.25) is 0 Å². The van der Waals surface area contributed by atoms with E-state index in [1.807, 2.05) is 11.8 Å². The number of hydrogen-bond acceptors (Lipinski definition) is 1. The van der Waals surface area contributed by atoms with Crippen LogP contribution in [0.3, 0.4) is 0 Å². The first-order valence-corrected chi connectivity index (χ1v) is 6.74. The van der Waals surface area contributed by atoms with Gasteiger partial charge in [0.1, 0.15) is 0 Å². The lowest BCUT2D eigenvalue weighted by Crippen LogP contribution is -2.29. The smallest absolute Gasteiger partial charge is 0.0296 e. The molecule has 1 aliphatic rings. The fourth-order valence-corrected chi connectivity index (χ4v) is 3.10. The maximum atomic E-state index is 3.84. The van der Waals surface area contributed by atoms with E-state index in [0.717, 1.165) is 17.8 Å².